The molecule has 0 radical (unpaired) electrons. The van der Waals surface area contributed by atoms with Crippen molar-refractivity contribution in [1.82, 2.24) is 9.88 Å². The van der Waals surface area contributed by atoms with Crippen LogP contribution >= 0.6 is 0 Å². The Balaban J connectivity index is 1.22. The van der Waals surface area contributed by atoms with Gasteiger partial charge in [-0.1, -0.05) is 18.2 Å². The van der Waals surface area contributed by atoms with E-state index in [9.17, 15) is 4.79 Å². The van der Waals surface area contributed by atoms with Crippen molar-refractivity contribution >= 4 is 16.8 Å². The van der Waals surface area contributed by atoms with Gasteiger partial charge in [0.05, 0.1) is 18.7 Å². The Morgan fingerprint density at radius 2 is 1.82 bits per heavy atom. The first-order valence-electron chi connectivity index (χ1n) is 12.2. The van der Waals surface area contributed by atoms with Gasteiger partial charge in [-0.25, -0.2) is 0 Å². The Morgan fingerprint density at radius 1 is 1.00 bits per heavy atom. The maximum Gasteiger partial charge on any atom is 0.254 e. The van der Waals surface area contributed by atoms with Crippen LogP contribution in [0, 0.1) is 5.92 Å². The lowest BCUT2D eigenvalue weighted by molar-refractivity contribution is 0.0692. The van der Waals surface area contributed by atoms with Crippen molar-refractivity contribution in [1.29, 1.82) is 0 Å². The van der Waals surface area contributed by atoms with Crippen molar-refractivity contribution in [3.05, 3.63) is 65.9 Å². The Labute approximate surface area is 195 Å². The number of carbonyl (C=O) groups is 1. The molecule has 1 amide bonds. The fourth-order valence-corrected chi connectivity index (χ4v) is 5.26. The Kier molecular flexibility index (Phi) is 6.47. The van der Waals surface area contributed by atoms with Crippen LogP contribution in [0.3, 0.4) is 0 Å². The summed E-state index contributed by atoms with van der Waals surface area (Å²) in [7, 11) is 1.70. The number of nitrogens with zero attached hydrogens (tertiary/aromatic N) is 2. The number of hydrogen-bond acceptors (Lipinski definition) is 4. The first-order chi connectivity index (χ1) is 16.2. The molecule has 0 bridgehead atoms. The van der Waals surface area contributed by atoms with Gasteiger partial charge in [0.15, 0.2) is 11.5 Å². The molecule has 2 fully saturated rings. The molecule has 1 saturated heterocycles. The number of carbonyl (C=O) groups excluding carboxylic acids is 1. The number of likely N-dealkylation sites (tertiary alicyclic amines) is 1. The number of piperidine rings is 1. The summed E-state index contributed by atoms with van der Waals surface area (Å²) in [5, 5.41) is 0.931. The third-order valence-electron chi connectivity index (χ3n) is 7.13. The van der Waals surface area contributed by atoms with Crippen LogP contribution in [0.15, 0.2) is 54.7 Å². The Morgan fingerprint density at radius 3 is 2.61 bits per heavy atom. The summed E-state index contributed by atoms with van der Waals surface area (Å²) >= 11 is 0. The van der Waals surface area contributed by atoms with E-state index in [1.165, 1.54) is 18.4 Å². The van der Waals surface area contributed by atoms with Gasteiger partial charge >= 0.3 is 0 Å². The number of ether oxygens (including phenoxy) is 2. The molecule has 2 aliphatic rings. The lowest BCUT2D eigenvalue weighted by Gasteiger charge is -2.32. The van der Waals surface area contributed by atoms with Crippen LogP contribution in [-0.2, 0) is 6.42 Å². The van der Waals surface area contributed by atoms with Crippen LogP contribution in [-0.4, -0.2) is 42.1 Å². The average molecular weight is 445 g/mol. The van der Waals surface area contributed by atoms with E-state index >= 15 is 0 Å². The number of aromatic nitrogens is 1. The van der Waals surface area contributed by atoms with Crippen LogP contribution < -0.4 is 9.47 Å². The molecule has 5 heteroatoms. The lowest BCUT2D eigenvalue weighted by atomic mass is 9.89. The second-order valence-electron chi connectivity index (χ2n) is 9.32. The number of methoxy groups -OCH3 is 1. The van der Waals surface area contributed by atoms with Gasteiger partial charge in [-0.2, -0.15) is 0 Å². The quantitative estimate of drug-likeness (QED) is 0.492. The minimum Gasteiger partial charge on any atom is -0.493 e. The number of pyridine rings is 1. The summed E-state index contributed by atoms with van der Waals surface area (Å²) in [6, 6.07) is 16.0. The number of amides is 1. The molecular weight excluding hydrogens is 412 g/mol. The minimum absolute atomic E-state index is 0.115. The van der Waals surface area contributed by atoms with Crippen LogP contribution in [0.1, 0.15) is 54.4 Å². The van der Waals surface area contributed by atoms with Crippen LogP contribution in [0.4, 0.5) is 0 Å². The minimum atomic E-state index is 0.115. The molecule has 1 aromatic heterocycles. The van der Waals surface area contributed by atoms with E-state index < -0.39 is 0 Å². The van der Waals surface area contributed by atoms with Gasteiger partial charge in [-0.05, 0) is 86.8 Å². The summed E-state index contributed by atoms with van der Waals surface area (Å²) in [6.45, 7) is 1.59. The molecule has 2 aromatic carbocycles. The van der Waals surface area contributed by atoms with Gasteiger partial charge in [-0.15, -0.1) is 0 Å². The fraction of sp³-hybridized carbons (Fsp3) is 0.429. The summed E-state index contributed by atoms with van der Waals surface area (Å²) in [5.74, 6) is 2.37. The highest BCUT2D eigenvalue weighted by atomic mass is 16.5. The normalized spacial score (nSPS) is 17.4. The summed E-state index contributed by atoms with van der Waals surface area (Å²) in [4.78, 5) is 19.6. The molecule has 5 nitrogen and oxygen atoms in total. The van der Waals surface area contributed by atoms with E-state index in [1.807, 2.05) is 41.3 Å². The molecule has 3 aromatic rings. The smallest absolute Gasteiger partial charge is 0.254 e. The lowest BCUT2D eigenvalue weighted by Crippen LogP contribution is -2.39. The molecule has 2 heterocycles. The zero-order valence-corrected chi connectivity index (χ0v) is 19.3. The monoisotopic (exact) mass is 444 g/mol. The van der Waals surface area contributed by atoms with Gasteiger partial charge in [0.2, 0.25) is 0 Å². The molecule has 0 unspecified atom stereocenters. The zero-order valence-electron chi connectivity index (χ0n) is 19.3. The van der Waals surface area contributed by atoms with E-state index in [0.717, 1.165) is 73.2 Å². The van der Waals surface area contributed by atoms with Crippen molar-refractivity contribution in [3.63, 3.8) is 0 Å². The molecule has 1 aliphatic heterocycles. The maximum absolute atomic E-state index is 13.2. The molecule has 33 heavy (non-hydrogen) atoms. The molecule has 0 spiro atoms. The molecule has 5 rings (SSSR count). The van der Waals surface area contributed by atoms with Crippen molar-refractivity contribution in [2.24, 2.45) is 5.92 Å². The van der Waals surface area contributed by atoms with Crippen molar-refractivity contribution in [3.8, 4) is 11.5 Å². The summed E-state index contributed by atoms with van der Waals surface area (Å²) in [5.41, 5.74) is 2.91. The van der Waals surface area contributed by atoms with Gasteiger partial charge in [0.25, 0.3) is 5.91 Å². The Hall–Kier alpha value is -3.08. The number of rotatable bonds is 6. The van der Waals surface area contributed by atoms with Crippen molar-refractivity contribution in [2.75, 3.05) is 20.2 Å². The van der Waals surface area contributed by atoms with Gasteiger partial charge < -0.3 is 14.4 Å². The van der Waals surface area contributed by atoms with Crippen molar-refractivity contribution < 1.29 is 14.3 Å². The number of benzene rings is 2. The molecule has 1 saturated carbocycles. The SMILES string of the molecule is COc1ccc(CC2CCN(C(=O)c3cccc4ncccc34)CC2)cc1OC1CCCC1. The molecule has 0 N–H and O–H groups in total. The topological polar surface area (TPSA) is 51.7 Å². The van der Waals surface area contributed by atoms with Gasteiger partial charge in [0.1, 0.15) is 0 Å². The molecule has 0 atom stereocenters. The summed E-state index contributed by atoms with van der Waals surface area (Å²) in [6.07, 6.45) is 9.88. The van der Waals surface area contributed by atoms with Crippen LogP contribution in [0.5, 0.6) is 11.5 Å². The fourth-order valence-electron chi connectivity index (χ4n) is 5.26. The zero-order chi connectivity index (χ0) is 22.6. The first-order valence-corrected chi connectivity index (χ1v) is 12.2. The predicted molar refractivity (Wildman–Crippen MR) is 130 cm³/mol. The standard InChI is InChI=1S/C28H32N2O3/c1-32-26-12-11-21(19-27(26)33-22-6-2-3-7-22)18-20-13-16-30(17-14-20)28(31)24-8-4-10-25-23(24)9-5-15-29-25/h4-5,8-12,15,19-20,22H,2-3,6-7,13-14,16-18H2,1H3. The predicted octanol–water partition coefficient (Wildman–Crippen LogP) is 5.66. The highest BCUT2D eigenvalue weighted by molar-refractivity contribution is 6.06. The largest absolute Gasteiger partial charge is 0.493 e. The summed E-state index contributed by atoms with van der Waals surface area (Å²) < 4.78 is 11.8. The van der Waals surface area contributed by atoms with E-state index in [1.54, 1.807) is 13.3 Å². The molecule has 1 aliphatic carbocycles. The third kappa shape index (κ3) is 4.82. The third-order valence-corrected chi connectivity index (χ3v) is 7.13. The van der Waals surface area contributed by atoms with E-state index in [-0.39, 0.29) is 5.91 Å². The highest BCUT2D eigenvalue weighted by Crippen LogP contribution is 2.34. The average Bonchev–Trinajstić information content (AvgIpc) is 3.37. The van der Waals surface area contributed by atoms with Gasteiger partial charge in [-0.3, -0.25) is 9.78 Å². The van der Waals surface area contributed by atoms with Crippen LogP contribution in [0.2, 0.25) is 0 Å². The second-order valence-corrected chi connectivity index (χ2v) is 9.32. The van der Waals surface area contributed by atoms with E-state index in [0.29, 0.717) is 12.0 Å². The molecule has 172 valence electrons. The Bertz CT molecular complexity index is 1110. The van der Waals surface area contributed by atoms with Crippen LogP contribution in [0.25, 0.3) is 10.9 Å². The van der Waals surface area contributed by atoms with E-state index in [2.05, 4.69) is 17.1 Å². The molecular formula is C28H32N2O3. The number of fused-ring (bicyclic) bond motifs is 1. The first kappa shape index (κ1) is 21.7. The maximum atomic E-state index is 13.2. The van der Waals surface area contributed by atoms with Gasteiger partial charge in [0, 0.05) is 30.2 Å². The van der Waals surface area contributed by atoms with Crippen molar-refractivity contribution in [2.45, 2.75) is 51.0 Å². The second kappa shape index (κ2) is 9.82. The number of hydrogen-bond donors (Lipinski definition) is 0. The highest BCUT2D eigenvalue weighted by Gasteiger charge is 2.25. The van der Waals surface area contributed by atoms with E-state index in [4.69, 9.17) is 9.47 Å².